The van der Waals surface area contributed by atoms with E-state index in [0.717, 1.165) is 5.75 Å². The number of hydrogen-bond donors (Lipinski definition) is 1. The number of carbonyl (C=O) groups is 1. The zero-order chi connectivity index (χ0) is 13.8. The first-order chi connectivity index (χ1) is 8.26. The molecule has 0 spiro atoms. The Kier molecular flexibility index (Phi) is 4.59. The molecule has 0 saturated carbocycles. The van der Waals surface area contributed by atoms with Gasteiger partial charge in [0, 0.05) is 11.8 Å². The fraction of sp³-hybridized carbons (Fsp3) is 0.500. The molecule has 1 N–H and O–H groups in total. The number of benzene rings is 1. The first-order valence-electron chi connectivity index (χ1n) is 6.03. The maximum Gasteiger partial charge on any atom is 0.412 e. The second kappa shape index (κ2) is 5.76. The molecule has 4 nitrogen and oxygen atoms in total. The molecule has 4 heteroatoms. The fourth-order valence-corrected chi connectivity index (χ4v) is 1.34. The number of amides is 1. The summed E-state index contributed by atoms with van der Waals surface area (Å²) < 4.78 is 10.7. The Hall–Kier alpha value is -1.71. The van der Waals surface area contributed by atoms with Crippen LogP contribution in [-0.4, -0.2) is 17.8 Å². The van der Waals surface area contributed by atoms with Gasteiger partial charge in [-0.2, -0.15) is 0 Å². The normalized spacial score (nSPS) is 11.2. The number of rotatable bonds is 3. The van der Waals surface area contributed by atoms with Gasteiger partial charge in [-0.15, -0.1) is 0 Å². The monoisotopic (exact) mass is 251 g/mol. The van der Waals surface area contributed by atoms with Gasteiger partial charge in [-0.05, 0) is 46.8 Å². The van der Waals surface area contributed by atoms with Gasteiger partial charge >= 0.3 is 6.09 Å². The highest BCUT2D eigenvalue weighted by molar-refractivity contribution is 5.85. The standard InChI is InChI=1S/C14H21NO3/c1-10(2)17-12-8-6-7-11(9-12)15-13(16)18-14(3,4)5/h6-10H,1-5H3,(H,15,16). The zero-order valence-electron chi connectivity index (χ0n) is 11.6. The quantitative estimate of drug-likeness (QED) is 0.888. The number of ether oxygens (including phenoxy) is 2. The van der Waals surface area contributed by atoms with E-state index in [-0.39, 0.29) is 6.10 Å². The van der Waals surface area contributed by atoms with Crippen molar-refractivity contribution in [1.29, 1.82) is 0 Å². The summed E-state index contributed by atoms with van der Waals surface area (Å²) in [5, 5.41) is 2.67. The van der Waals surface area contributed by atoms with Gasteiger partial charge in [-0.1, -0.05) is 6.07 Å². The minimum Gasteiger partial charge on any atom is -0.491 e. The van der Waals surface area contributed by atoms with Crippen LogP contribution in [0.4, 0.5) is 10.5 Å². The van der Waals surface area contributed by atoms with Gasteiger partial charge in [0.1, 0.15) is 11.4 Å². The van der Waals surface area contributed by atoms with Crippen LogP contribution in [0.3, 0.4) is 0 Å². The molecular weight excluding hydrogens is 230 g/mol. The summed E-state index contributed by atoms with van der Waals surface area (Å²) in [6.07, 6.45) is -0.369. The Bertz CT molecular complexity index is 408. The summed E-state index contributed by atoms with van der Waals surface area (Å²) in [4.78, 5) is 11.6. The Morgan fingerprint density at radius 3 is 2.50 bits per heavy atom. The predicted octanol–water partition coefficient (Wildman–Crippen LogP) is 3.82. The van der Waals surface area contributed by atoms with Crippen molar-refractivity contribution in [3.63, 3.8) is 0 Å². The second-order valence-corrected chi connectivity index (χ2v) is 5.32. The van der Waals surface area contributed by atoms with E-state index >= 15 is 0 Å². The Morgan fingerprint density at radius 1 is 1.28 bits per heavy atom. The summed E-state index contributed by atoms with van der Waals surface area (Å²) >= 11 is 0. The summed E-state index contributed by atoms with van der Waals surface area (Å²) in [6, 6.07) is 7.23. The van der Waals surface area contributed by atoms with Gasteiger partial charge in [-0.3, -0.25) is 5.32 Å². The van der Waals surface area contributed by atoms with Crippen molar-refractivity contribution >= 4 is 11.8 Å². The fourth-order valence-electron chi connectivity index (χ4n) is 1.34. The molecule has 0 aliphatic heterocycles. The minimum atomic E-state index is -0.504. The molecule has 1 aromatic carbocycles. The zero-order valence-corrected chi connectivity index (χ0v) is 11.6. The van der Waals surface area contributed by atoms with Crippen LogP contribution in [-0.2, 0) is 4.74 Å². The van der Waals surface area contributed by atoms with Crippen LogP contribution in [0.25, 0.3) is 0 Å². The molecule has 1 amide bonds. The van der Waals surface area contributed by atoms with Crippen LogP contribution in [0.1, 0.15) is 34.6 Å². The molecule has 0 bridgehead atoms. The Balaban J connectivity index is 2.65. The average molecular weight is 251 g/mol. The van der Waals surface area contributed by atoms with Gasteiger partial charge in [0.2, 0.25) is 0 Å². The van der Waals surface area contributed by atoms with Gasteiger partial charge in [-0.25, -0.2) is 4.79 Å². The third-order valence-corrected chi connectivity index (χ3v) is 1.85. The molecule has 0 unspecified atom stereocenters. The highest BCUT2D eigenvalue weighted by atomic mass is 16.6. The van der Waals surface area contributed by atoms with Crippen molar-refractivity contribution in [1.82, 2.24) is 0 Å². The van der Waals surface area contributed by atoms with Crippen LogP contribution in [0.2, 0.25) is 0 Å². The lowest BCUT2D eigenvalue weighted by Crippen LogP contribution is -2.27. The lowest BCUT2D eigenvalue weighted by atomic mass is 10.2. The Morgan fingerprint density at radius 2 is 1.94 bits per heavy atom. The van der Waals surface area contributed by atoms with E-state index in [2.05, 4.69) is 5.32 Å². The average Bonchev–Trinajstić information content (AvgIpc) is 2.13. The predicted molar refractivity (Wildman–Crippen MR) is 72.1 cm³/mol. The lowest BCUT2D eigenvalue weighted by molar-refractivity contribution is 0.0636. The summed E-state index contributed by atoms with van der Waals surface area (Å²) in [7, 11) is 0. The van der Waals surface area contributed by atoms with Crippen LogP contribution in [0.15, 0.2) is 24.3 Å². The number of nitrogens with one attached hydrogen (secondary N) is 1. The van der Waals surface area contributed by atoms with Gasteiger partial charge < -0.3 is 9.47 Å². The van der Waals surface area contributed by atoms with E-state index in [1.165, 1.54) is 0 Å². The van der Waals surface area contributed by atoms with Crippen LogP contribution < -0.4 is 10.1 Å². The minimum absolute atomic E-state index is 0.0989. The molecule has 0 aliphatic rings. The molecule has 0 saturated heterocycles. The topological polar surface area (TPSA) is 47.6 Å². The van der Waals surface area contributed by atoms with Crippen LogP contribution in [0.5, 0.6) is 5.75 Å². The van der Waals surface area contributed by atoms with Crippen molar-refractivity contribution in [3.8, 4) is 5.75 Å². The number of carbonyl (C=O) groups excluding carboxylic acids is 1. The van der Waals surface area contributed by atoms with Crippen LogP contribution in [0, 0.1) is 0 Å². The van der Waals surface area contributed by atoms with Crippen molar-refractivity contribution < 1.29 is 14.3 Å². The highest BCUT2D eigenvalue weighted by Gasteiger charge is 2.16. The first kappa shape index (κ1) is 14.4. The van der Waals surface area contributed by atoms with E-state index in [0.29, 0.717) is 5.69 Å². The van der Waals surface area contributed by atoms with E-state index < -0.39 is 11.7 Å². The summed E-state index contributed by atoms with van der Waals surface area (Å²) in [6.45, 7) is 9.38. The molecular formula is C14H21NO3. The maximum atomic E-state index is 11.6. The molecule has 0 aliphatic carbocycles. The van der Waals surface area contributed by atoms with E-state index in [4.69, 9.17) is 9.47 Å². The summed E-state index contributed by atoms with van der Waals surface area (Å²) in [5.74, 6) is 0.721. The largest absolute Gasteiger partial charge is 0.491 e. The molecule has 0 radical (unpaired) electrons. The molecule has 0 aromatic heterocycles. The third kappa shape index (κ3) is 5.57. The van der Waals surface area contributed by atoms with Gasteiger partial charge in [0.25, 0.3) is 0 Å². The smallest absolute Gasteiger partial charge is 0.412 e. The van der Waals surface area contributed by atoms with Crippen LogP contribution >= 0.6 is 0 Å². The molecule has 0 atom stereocenters. The molecule has 18 heavy (non-hydrogen) atoms. The molecule has 1 rings (SSSR count). The van der Waals surface area contributed by atoms with Crippen molar-refractivity contribution in [2.75, 3.05) is 5.32 Å². The van der Waals surface area contributed by atoms with E-state index in [9.17, 15) is 4.79 Å². The second-order valence-electron chi connectivity index (χ2n) is 5.32. The first-order valence-corrected chi connectivity index (χ1v) is 6.03. The SMILES string of the molecule is CC(C)Oc1cccc(NC(=O)OC(C)(C)C)c1. The third-order valence-electron chi connectivity index (χ3n) is 1.85. The number of hydrogen-bond acceptors (Lipinski definition) is 3. The highest BCUT2D eigenvalue weighted by Crippen LogP contribution is 2.19. The molecule has 100 valence electrons. The molecule has 0 heterocycles. The van der Waals surface area contributed by atoms with Crippen molar-refractivity contribution in [2.24, 2.45) is 0 Å². The van der Waals surface area contributed by atoms with Gasteiger partial charge in [0.15, 0.2) is 0 Å². The van der Waals surface area contributed by atoms with Crippen molar-refractivity contribution in [3.05, 3.63) is 24.3 Å². The lowest BCUT2D eigenvalue weighted by Gasteiger charge is -2.19. The molecule has 0 fully saturated rings. The van der Waals surface area contributed by atoms with E-state index in [1.807, 2.05) is 46.8 Å². The Labute approximate surface area is 108 Å². The van der Waals surface area contributed by atoms with Crippen molar-refractivity contribution in [2.45, 2.75) is 46.3 Å². The van der Waals surface area contributed by atoms with E-state index in [1.54, 1.807) is 12.1 Å². The number of anilines is 1. The maximum absolute atomic E-state index is 11.6. The van der Waals surface area contributed by atoms with Gasteiger partial charge in [0.05, 0.1) is 6.10 Å². The molecule has 1 aromatic rings. The summed E-state index contributed by atoms with van der Waals surface area (Å²) in [5.41, 5.74) is 0.151.